The molecule has 5 nitrogen and oxygen atoms in total. The Bertz CT molecular complexity index is 546. The highest BCUT2D eigenvalue weighted by Crippen LogP contribution is 2.14. The molecule has 1 aromatic carbocycles. The van der Waals surface area contributed by atoms with Crippen LogP contribution in [0.15, 0.2) is 23.1 Å². The molecule has 1 atom stereocenters. The number of rotatable bonds is 4. The molecule has 0 saturated heterocycles. The molecule has 0 saturated carbocycles. The van der Waals surface area contributed by atoms with Crippen molar-refractivity contribution < 1.29 is 8.42 Å². The lowest BCUT2D eigenvalue weighted by atomic mass is 10.1. The van der Waals surface area contributed by atoms with Crippen LogP contribution in [0.1, 0.15) is 18.1 Å². The number of nitriles is 1. The molecule has 0 radical (unpaired) electrons. The SMILES string of the molecule is Cc1cc(S(=O)(=O)N[C@@H](C)CN)ccc1C#N. The first-order chi connectivity index (χ1) is 7.90. The van der Waals surface area contributed by atoms with Crippen LogP contribution in [-0.4, -0.2) is 21.0 Å². The van der Waals surface area contributed by atoms with E-state index in [0.717, 1.165) is 0 Å². The average Bonchev–Trinajstić information content (AvgIpc) is 2.28. The second-order valence-electron chi connectivity index (χ2n) is 3.85. The minimum absolute atomic E-state index is 0.147. The molecule has 17 heavy (non-hydrogen) atoms. The number of hydrogen-bond donors (Lipinski definition) is 2. The summed E-state index contributed by atoms with van der Waals surface area (Å²) in [5.41, 5.74) is 6.47. The first kappa shape index (κ1) is 13.6. The Kier molecular flexibility index (Phi) is 4.23. The van der Waals surface area contributed by atoms with E-state index in [9.17, 15) is 8.42 Å². The van der Waals surface area contributed by atoms with Gasteiger partial charge in [-0.15, -0.1) is 0 Å². The van der Waals surface area contributed by atoms with Crippen molar-refractivity contribution in [3.05, 3.63) is 29.3 Å². The maximum atomic E-state index is 11.9. The number of hydrogen-bond acceptors (Lipinski definition) is 4. The van der Waals surface area contributed by atoms with Crippen LogP contribution in [0.25, 0.3) is 0 Å². The zero-order valence-corrected chi connectivity index (χ0v) is 10.6. The van der Waals surface area contributed by atoms with Crippen molar-refractivity contribution in [1.29, 1.82) is 5.26 Å². The summed E-state index contributed by atoms with van der Waals surface area (Å²) in [7, 11) is -3.56. The molecular weight excluding hydrogens is 238 g/mol. The van der Waals surface area contributed by atoms with Crippen LogP contribution in [-0.2, 0) is 10.0 Å². The monoisotopic (exact) mass is 253 g/mol. The van der Waals surface area contributed by atoms with Crippen molar-refractivity contribution in [2.75, 3.05) is 6.54 Å². The highest BCUT2D eigenvalue weighted by Gasteiger charge is 2.17. The average molecular weight is 253 g/mol. The minimum Gasteiger partial charge on any atom is -0.329 e. The third kappa shape index (κ3) is 3.27. The second-order valence-corrected chi connectivity index (χ2v) is 5.56. The third-order valence-electron chi connectivity index (χ3n) is 2.34. The molecule has 1 aromatic rings. The molecule has 0 amide bonds. The minimum atomic E-state index is -3.56. The Morgan fingerprint density at radius 2 is 2.18 bits per heavy atom. The summed E-state index contributed by atoms with van der Waals surface area (Å²) in [4.78, 5) is 0.147. The van der Waals surface area contributed by atoms with Crippen LogP contribution >= 0.6 is 0 Å². The molecule has 0 bridgehead atoms. The van der Waals surface area contributed by atoms with Gasteiger partial charge in [0, 0.05) is 12.6 Å². The predicted octanol–water partition coefficient (Wildman–Crippen LogP) is 0.492. The maximum Gasteiger partial charge on any atom is 0.240 e. The largest absolute Gasteiger partial charge is 0.329 e. The van der Waals surface area contributed by atoms with E-state index >= 15 is 0 Å². The summed E-state index contributed by atoms with van der Waals surface area (Å²) in [5, 5.41) is 8.76. The number of benzene rings is 1. The van der Waals surface area contributed by atoms with Gasteiger partial charge in [0.1, 0.15) is 0 Å². The zero-order valence-electron chi connectivity index (χ0n) is 9.77. The molecule has 0 aliphatic heterocycles. The summed E-state index contributed by atoms with van der Waals surface area (Å²) < 4.78 is 26.3. The number of nitrogens with two attached hydrogens (primary N) is 1. The molecule has 0 unspecified atom stereocenters. The van der Waals surface area contributed by atoms with E-state index in [1.54, 1.807) is 13.8 Å². The number of sulfonamides is 1. The Balaban J connectivity index is 3.09. The van der Waals surface area contributed by atoms with Crippen LogP contribution in [0.4, 0.5) is 0 Å². The van der Waals surface area contributed by atoms with Gasteiger partial charge in [-0.3, -0.25) is 0 Å². The van der Waals surface area contributed by atoms with Gasteiger partial charge in [-0.25, -0.2) is 13.1 Å². The molecule has 92 valence electrons. The van der Waals surface area contributed by atoms with E-state index in [2.05, 4.69) is 4.72 Å². The summed E-state index contributed by atoms with van der Waals surface area (Å²) in [5.74, 6) is 0. The zero-order chi connectivity index (χ0) is 13.1. The van der Waals surface area contributed by atoms with Crippen LogP contribution in [0.2, 0.25) is 0 Å². The van der Waals surface area contributed by atoms with Crippen molar-refractivity contribution >= 4 is 10.0 Å². The van der Waals surface area contributed by atoms with Crippen molar-refractivity contribution in [2.45, 2.75) is 24.8 Å². The Hall–Kier alpha value is -1.42. The summed E-state index contributed by atoms with van der Waals surface area (Å²) in [6, 6.07) is 6.05. The Labute approximate surface area is 101 Å². The number of aryl methyl sites for hydroxylation is 1. The summed E-state index contributed by atoms with van der Waals surface area (Å²) >= 11 is 0. The number of nitrogens with zero attached hydrogens (tertiary/aromatic N) is 1. The quantitative estimate of drug-likeness (QED) is 0.816. The lowest BCUT2D eigenvalue weighted by Gasteiger charge is -2.12. The van der Waals surface area contributed by atoms with E-state index in [-0.39, 0.29) is 17.5 Å². The van der Waals surface area contributed by atoms with Gasteiger partial charge in [0.2, 0.25) is 10.0 Å². The van der Waals surface area contributed by atoms with Crippen LogP contribution in [0.5, 0.6) is 0 Å². The predicted molar refractivity (Wildman–Crippen MR) is 64.7 cm³/mol. The normalized spacial score (nSPS) is 13.1. The first-order valence-electron chi connectivity index (χ1n) is 5.14. The van der Waals surface area contributed by atoms with Crippen molar-refractivity contribution in [2.24, 2.45) is 5.73 Å². The van der Waals surface area contributed by atoms with Gasteiger partial charge in [-0.2, -0.15) is 5.26 Å². The second kappa shape index (κ2) is 5.27. The lowest BCUT2D eigenvalue weighted by molar-refractivity contribution is 0.562. The van der Waals surface area contributed by atoms with Gasteiger partial charge in [-0.1, -0.05) is 0 Å². The molecule has 0 fully saturated rings. The molecule has 0 aliphatic rings. The summed E-state index contributed by atoms with van der Waals surface area (Å²) in [6.07, 6.45) is 0. The molecule has 3 N–H and O–H groups in total. The van der Waals surface area contributed by atoms with Gasteiger partial charge < -0.3 is 5.73 Å². The molecular formula is C11H15N3O2S. The van der Waals surface area contributed by atoms with E-state index in [0.29, 0.717) is 11.1 Å². The molecule has 0 aliphatic carbocycles. The van der Waals surface area contributed by atoms with Crippen LogP contribution < -0.4 is 10.5 Å². The van der Waals surface area contributed by atoms with Crippen LogP contribution in [0.3, 0.4) is 0 Å². The molecule has 1 rings (SSSR count). The van der Waals surface area contributed by atoms with Gasteiger partial charge in [0.15, 0.2) is 0 Å². The van der Waals surface area contributed by atoms with Gasteiger partial charge in [0.25, 0.3) is 0 Å². The highest BCUT2D eigenvalue weighted by atomic mass is 32.2. The van der Waals surface area contributed by atoms with Crippen molar-refractivity contribution in [1.82, 2.24) is 4.72 Å². The van der Waals surface area contributed by atoms with Crippen molar-refractivity contribution in [3.8, 4) is 6.07 Å². The molecule has 0 spiro atoms. The fourth-order valence-corrected chi connectivity index (χ4v) is 2.65. The maximum absolute atomic E-state index is 11.9. The highest BCUT2D eigenvalue weighted by molar-refractivity contribution is 7.89. The third-order valence-corrected chi connectivity index (χ3v) is 3.93. The fourth-order valence-electron chi connectivity index (χ4n) is 1.31. The van der Waals surface area contributed by atoms with E-state index < -0.39 is 10.0 Å². The molecule has 0 heterocycles. The van der Waals surface area contributed by atoms with E-state index in [1.165, 1.54) is 18.2 Å². The molecule has 0 aromatic heterocycles. The van der Waals surface area contributed by atoms with Crippen LogP contribution in [0, 0.1) is 18.3 Å². The summed E-state index contributed by atoms with van der Waals surface area (Å²) in [6.45, 7) is 3.62. The van der Waals surface area contributed by atoms with E-state index in [1.807, 2.05) is 6.07 Å². The first-order valence-corrected chi connectivity index (χ1v) is 6.62. The fraction of sp³-hybridized carbons (Fsp3) is 0.364. The molecule has 6 heteroatoms. The topological polar surface area (TPSA) is 96.0 Å². The standard InChI is InChI=1S/C11H15N3O2S/c1-8-5-11(4-3-10(8)7-13)17(15,16)14-9(2)6-12/h3-5,9,14H,6,12H2,1-2H3/t9-/m0/s1. The van der Waals surface area contributed by atoms with E-state index in [4.69, 9.17) is 11.0 Å². The lowest BCUT2D eigenvalue weighted by Crippen LogP contribution is -2.37. The van der Waals surface area contributed by atoms with Gasteiger partial charge >= 0.3 is 0 Å². The van der Waals surface area contributed by atoms with Crippen molar-refractivity contribution in [3.63, 3.8) is 0 Å². The number of nitrogens with one attached hydrogen (secondary N) is 1. The Morgan fingerprint density at radius 3 is 2.65 bits per heavy atom. The van der Waals surface area contributed by atoms with Gasteiger partial charge in [-0.05, 0) is 37.6 Å². The Morgan fingerprint density at radius 1 is 1.53 bits per heavy atom. The smallest absolute Gasteiger partial charge is 0.240 e. The van der Waals surface area contributed by atoms with Gasteiger partial charge in [0.05, 0.1) is 16.5 Å².